The minimum absolute atomic E-state index is 0.0392. The average Bonchev–Trinajstić information content (AvgIpc) is 2.88. The number of nitrogens with one attached hydrogen (secondary N) is 2. The summed E-state index contributed by atoms with van der Waals surface area (Å²) in [5, 5.41) is 27.2. The highest BCUT2D eigenvalue weighted by molar-refractivity contribution is 8.00. The van der Waals surface area contributed by atoms with Crippen molar-refractivity contribution in [3.63, 3.8) is 0 Å². The van der Waals surface area contributed by atoms with Gasteiger partial charge >= 0.3 is 6.09 Å². The third-order valence-corrected chi connectivity index (χ3v) is 7.46. The number of ether oxygens (including phenoxy) is 2. The molecule has 12 heteroatoms. The number of piperidine rings is 1. The third-order valence-electron chi connectivity index (χ3n) is 6.38. The molecule has 2 aromatic heterocycles. The zero-order valence-corrected chi connectivity index (χ0v) is 21.0. The molecular weight excluding hydrogens is 498 g/mol. The maximum Gasteiger partial charge on any atom is 0.414 e. The largest absolute Gasteiger partial charge is 0.481 e. The molecule has 0 radical (unpaired) electrons. The van der Waals surface area contributed by atoms with Crippen molar-refractivity contribution in [3.05, 3.63) is 48.2 Å². The standard InChI is InChI=1S/C25H27N5O6S/c1-35-21-5-3-16-23(29-21)17(6-9-26-16)28-24(33)36-25(34)7-10-30(11-8-25)22(32)13-15-2-4-19-18(12-15)27-20(31)14-37-19/h2-6,9,12,22,32,34H,7-8,10-11,13-14H2,1H3,(H,27,31)(H,26,28,33). The first kappa shape index (κ1) is 25.2. The van der Waals surface area contributed by atoms with E-state index in [-0.39, 0.29) is 18.7 Å². The highest BCUT2D eigenvalue weighted by Gasteiger charge is 2.38. The van der Waals surface area contributed by atoms with E-state index in [1.807, 2.05) is 23.1 Å². The van der Waals surface area contributed by atoms with Gasteiger partial charge in [0.05, 0.1) is 29.8 Å². The van der Waals surface area contributed by atoms with E-state index in [1.165, 1.54) is 25.1 Å². The van der Waals surface area contributed by atoms with Crippen LogP contribution >= 0.6 is 11.8 Å². The molecule has 11 nitrogen and oxygen atoms in total. The summed E-state index contributed by atoms with van der Waals surface area (Å²) in [4.78, 5) is 35.7. The Bertz CT molecular complexity index is 1330. The van der Waals surface area contributed by atoms with Crippen LogP contribution in [0.1, 0.15) is 18.4 Å². The molecule has 1 aromatic carbocycles. The summed E-state index contributed by atoms with van der Waals surface area (Å²) >= 11 is 1.49. The van der Waals surface area contributed by atoms with Gasteiger partial charge in [0.2, 0.25) is 17.6 Å². The SMILES string of the molecule is COc1ccc2nccc(NC(=O)OC3(O)CCN(C(O)Cc4ccc5c(c4)NC(=O)CS5)CC3)c2n1. The van der Waals surface area contributed by atoms with E-state index in [0.717, 1.165) is 16.1 Å². The van der Waals surface area contributed by atoms with Crippen molar-refractivity contribution >= 4 is 46.2 Å². The van der Waals surface area contributed by atoms with Gasteiger partial charge in [-0.25, -0.2) is 9.78 Å². The molecule has 2 aliphatic rings. The second-order valence-electron chi connectivity index (χ2n) is 8.93. The zero-order chi connectivity index (χ0) is 26.0. The predicted molar refractivity (Wildman–Crippen MR) is 137 cm³/mol. The second-order valence-corrected chi connectivity index (χ2v) is 9.95. The highest BCUT2D eigenvalue weighted by atomic mass is 32.2. The van der Waals surface area contributed by atoms with E-state index in [0.29, 0.717) is 47.9 Å². The predicted octanol–water partition coefficient (Wildman–Crippen LogP) is 2.58. The molecule has 1 saturated heterocycles. The van der Waals surface area contributed by atoms with Crippen LogP contribution in [-0.2, 0) is 16.0 Å². The van der Waals surface area contributed by atoms with Crippen molar-refractivity contribution in [2.75, 3.05) is 36.6 Å². The van der Waals surface area contributed by atoms with E-state index >= 15 is 0 Å². The van der Waals surface area contributed by atoms with Crippen molar-refractivity contribution in [1.29, 1.82) is 0 Å². The van der Waals surface area contributed by atoms with E-state index in [1.54, 1.807) is 18.2 Å². The molecule has 0 saturated carbocycles. The average molecular weight is 526 g/mol. The van der Waals surface area contributed by atoms with Crippen LogP contribution in [0.25, 0.3) is 11.0 Å². The number of fused-ring (bicyclic) bond motifs is 2. The fourth-order valence-electron chi connectivity index (χ4n) is 4.40. The van der Waals surface area contributed by atoms with Gasteiger partial charge < -0.3 is 25.0 Å². The first-order valence-electron chi connectivity index (χ1n) is 11.8. The molecule has 2 amide bonds. The number of aliphatic hydroxyl groups is 2. The first-order chi connectivity index (χ1) is 17.8. The number of rotatable bonds is 6. The summed E-state index contributed by atoms with van der Waals surface area (Å²) in [7, 11) is 1.50. The number of carbonyl (C=O) groups excluding carboxylic acids is 2. The number of benzene rings is 1. The van der Waals surface area contributed by atoms with Crippen molar-refractivity contribution in [2.24, 2.45) is 0 Å². The summed E-state index contributed by atoms with van der Waals surface area (Å²) < 4.78 is 10.5. The van der Waals surface area contributed by atoms with Crippen molar-refractivity contribution in [2.45, 2.75) is 36.2 Å². The lowest BCUT2D eigenvalue weighted by molar-refractivity contribution is -0.196. The van der Waals surface area contributed by atoms with Crippen LogP contribution in [-0.4, -0.2) is 75.0 Å². The molecule has 0 spiro atoms. The number of nitrogens with zero attached hydrogens (tertiary/aromatic N) is 3. The molecule has 1 unspecified atom stereocenters. The van der Waals surface area contributed by atoms with Crippen molar-refractivity contribution in [3.8, 4) is 5.88 Å². The molecular formula is C25H27N5O6S. The van der Waals surface area contributed by atoms with Gasteiger partial charge in [-0.15, -0.1) is 11.8 Å². The van der Waals surface area contributed by atoms with E-state index in [4.69, 9.17) is 9.47 Å². The summed E-state index contributed by atoms with van der Waals surface area (Å²) in [6.07, 6.45) is 0.569. The Hall–Kier alpha value is -3.45. The smallest absolute Gasteiger partial charge is 0.414 e. The Morgan fingerprint density at radius 2 is 2.08 bits per heavy atom. The van der Waals surface area contributed by atoms with Crippen LogP contribution in [0.15, 0.2) is 47.5 Å². The van der Waals surface area contributed by atoms with Gasteiger partial charge in [-0.3, -0.25) is 20.0 Å². The molecule has 4 N–H and O–H groups in total. The van der Waals surface area contributed by atoms with E-state index in [2.05, 4.69) is 20.6 Å². The van der Waals surface area contributed by atoms with Gasteiger partial charge in [-0.1, -0.05) is 6.07 Å². The van der Waals surface area contributed by atoms with Crippen LogP contribution < -0.4 is 15.4 Å². The monoisotopic (exact) mass is 525 g/mol. The van der Waals surface area contributed by atoms with Gasteiger partial charge in [-0.2, -0.15) is 0 Å². The maximum absolute atomic E-state index is 12.6. The molecule has 2 aliphatic heterocycles. The number of aromatic nitrogens is 2. The van der Waals surface area contributed by atoms with E-state index < -0.39 is 18.1 Å². The van der Waals surface area contributed by atoms with Gasteiger partial charge in [0.1, 0.15) is 11.7 Å². The number of hydrogen-bond donors (Lipinski definition) is 4. The van der Waals surface area contributed by atoms with Gasteiger partial charge in [0.25, 0.3) is 0 Å². The fraction of sp³-hybridized carbons (Fsp3) is 0.360. The van der Waals surface area contributed by atoms with Crippen molar-refractivity contribution < 1.29 is 29.3 Å². The summed E-state index contributed by atoms with van der Waals surface area (Å²) in [6, 6.07) is 10.7. The summed E-state index contributed by atoms with van der Waals surface area (Å²) in [6.45, 7) is 0.666. The molecule has 0 bridgehead atoms. The molecule has 5 rings (SSSR count). The number of anilines is 2. The zero-order valence-electron chi connectivity index (χ0n) is 20.1. The number of likely N-dealkylation sites (tertiary alicyclic amines) is 1. The van der Waals surface area contributed by atoms with Crippen LogP contribution in [0.5, 0.6) is 5.88 Å². The quantitative estimate of drug-likeness (QED) is 0.354. The van der Waals surface area contributed by atoms with Gasteiger partial charge in [0, 0.05) is 49.5 Å². The molecule has 1 fully saturated rings. The maximum atomic E-state index is 12.6. The molecule has 37 heavy (non-hydrogen) atoms. The topological polar surface area (TPSA) is 146 Å². The molecule has 1 atom stereocenters. The normalized spacial score (nSPS) is 18.0. The minimum Gasteiger partial charge on any atom is -0.481 e. The number of thioether (sulfide) groups is 1. The minimum atomic E-state index is -1.67. The van der Waals surface area contributed by atoms with Crippen LogP contribution in [0.3, 0.4) is 0 Å². The Labute approximate surface area is 217 Å². The highest BCUT2D eigenvalue weighted by Crippen LogP contribution is 2.33. The molecule has 3 aromatic rings. The molecule has 4 heterocycles. The second kappa shape index (κ2) is 10.5. The molecule has 0 aliphatic carbocycles. The lowest BCUT2D eigenvalue weighted by atomic mass is 10.0. The Morgan fingerprint density at radius 3 is 2.86 bits per heavy atom. The number of amides is 2. The third kappa shape index (κ3) is 5.77. The first-order valence-corrected chi connectivity index (χ1v) is 12.8. The number of methoxy groups -OCH3 is 1. The van der Waals surface area contributed by atoms with Gasteiger partial charge in [0.15, 0.2) is 0 Å². The van der Waals surface area contributed by atoms with Crippen molar-refractivity contribution in [1.82, 2.24) is 14.9 Å². The Balaban J connectivity index is 1.16. The number of pyridine rings is 2. The number of hydrogen-bond acceptors (Lipinski definition) is 10. The van der Waals surface area contributed by atoms with Crippen LogP contribution in [0.4, 0.5) is 16.2 Å². The summed E-state index contributed by atoms with van der Waals surface area (Å²) in [5.41, 5.74) is 3.03. The Morgan fingerprint density at radius 1 is 1.27 bits per heavy atom. The van der Waals surface area contributed by atoms with Gasteiger partial charge in [-0.05, 0) is 29.8 Å². The number of aliphatic hydroxyl groups excluding tert-OH is 1. The lowest BCUT2D eigenvalue weighted by Crippen LogP contribution is -2.51. The van der Waals surface area contributed by atoms with E-state index in [9.17, 15) is 19.8 Å². The lowest BCUT2D eigenvalue weighted by Gasteiger charge is -2.39. The van der Waals surface area contributed by atoms with Crippen LogP contribution in [0.2, 0.25) is 0 Å². The van der Waals surface area contributed by atoms with Crippen LogP contribution in [0, 0.1) is 0 Å². The fourth-order valence-corrected chi connectivity index (χ4v) is 5.19. The Kier molecular flexibility index (Phi) is 7.15. The summed E-state index contributed by atoms with van der Waals surface area (Å²) in [5.74, 6) is -0.929. The molecule has 194 valence electrons. The number of carbonyl (C=O) groups is 2.